The van der Waals surface area contributed by atoms with Gasteiger partial charge in [-0.15, -0.1) is 0 Å². The van der Waals surface area contributed by atoms with E-state index in [1.165, 1.54) is 212 Å². The molecule has 98 heavy (non-hydrogen) atoms. The van der Waals surface area contributed by atoms with Crippen LogP contribution in [0.4, 0.5) is 0 Å². The molecular weight excluding hydrogens is 1280 g/mol. The van der Waals surface area contributed by atoms with E-state index in [0.29, 0.717) is 25.7 Å². The van der Waals surface area contributed by atoms with Crippen LogP contribution in [0.1, 0.15) is 400 Å². The number of allylic oxidation sites excluding steroid dienone is 4. The van der Waals surface area contributed by atoms with E-state index in [-0.39, 0.29) is 25.7 Å². The van der Waals surface area contributed by atoms with Gasteiger partial charge in [-0.25, -0.2) is 9.13 Å². The van der Waals surface area contributed by atoms with Gasteiger partial charge >= 0.3 is 39.5 Å². The van der Waals surface area contributed by atoms with Crippen molar-refractivity contribution in [3.8, 4) is 0 Å². The van der Waals surface area contributed by atoms with Crippen LogP contribution in [0.3, 0.4) is 0 Å². The minimum absolute atomic E-state index is 0.102. The Bertz CT molecular complexity index is 1950. The number of carbonyl (C=O) groups excluding carboxylic acids is 4. The number of carbonyl (C=O) groups is 4. The molecule has 3 N–H and O–H groups in total. The van der Waals surface area contributed by atoms with E-state index in [4.69, 9.17) is 37.0 Å². The van der Waals surface area contributed by atoms with Crippen molar-refractivity contribution in [3.05, 3.63) is 24.3 Å². The van der Waals surface area contributed by atoms with Crippen LogP contribution in [0.2, 0.25) is 0 Å². The van der Waals surface area contributed by atoms with Gasteiger partial charge in [-0.3, -0.25) is 37.3 Å². The normalized spacial score (nSPS) is 14.0. The highest BCUT2D eigenvalue weighted by atomic mass is 31.2. The lowest BCUT2D eigenvalue weighted by Crippen LogP contribution is -2.30. The summed E-state index contributed by atoms with van der Waals surface area (Å²) >= 11 is 0. The van der Waals surface area contributed by atoms with Crippen LogP contribution in [0.5, 0.6) is 0 Å². The molecule has 0 aromatic heterocycles. The maximum atomic E-state index is 13.1. The second kappa shape index (κ2) is 72.9. The second-order valence-electron chi connectivity index (χ2n) is 27.8. The Hall–Kier alpha value is -2.46. The number of aliphatic hydroxyl groups excluding tert-OH is 1. The summed E-state index contributed by atoms with van der Waals surface area (Å²) in [5, 5.41) is 10.6. The van der Waals surface area contributed by atoms with Crippen LogP contribution >= 0.6 is 15.6 Å². The lowest BCUT2D eigenvalue weighted by molar-refractivity contribution is -0.161. The quantitative estimate of drug-likeness (QED) is 0.0169. The summed E-state index contributed by atoms with van der Waals surface area (Å²) in [6.45, 7) is 4.92. The second-order valence-corrected chi connectivity index (χ2v) is 30.7. The first-order valence-electron chi connectivity index (χ1n) is 40.6. The van der Waals surface area contributed by atoms with Gasteiger partial charge in [0.2, 0.25) is 0 Å². The summed E-state index contributed by atoms with van der Waals surface area (Å²) in [7, 11) is -9.92. The summed E-state index contributed by atoms with van der Waals surface area (Å²) in [5.74, 6) is -2.14. The van der Waals surface area contributed by atoms with Gasteiger partial charge in [0.1, 0.15) is 19.3 Å². The molecule has 0 amide bonds. The smallest absolute Gasteiger partial charge is 0.462 e. The zero-order valence-electron chi connectivity index (χ0n) is 63.2. The van der Waals surface area contributed by atoms with Crippen LogP contribution in [-0.4, -0.2) is 96.7 Å². The van der Waals surface area contributed by atoms with Gasteiger partial charge in [-0.2, -0.15) is 0 Å². The highest BCUT2D eigenvalue weighted by Gasteiger charge is 2.30. The molecule has 2 unspecified atom stereocenters. The topological polar surface area (TPSA) is 237 Å². The van der Waals surface area contributed by atoms with Crippen molar-refractivity contribution in [2.75, 3.05) is 39.6 Å². The zero-order chi connectivity index (χ0) is 71.8. The molecule has 5 atom stereocenters. The monoisotopic (exact) mass is 1430 g/mol. The predicted octanol–water partition coefficient (Wildman–Crippen LogP) is 23.3. The molecular formula is C79H150O17P2. The fourth-order valence-electron chi connectivity index (χ4n) is 11.7. The number of hydrogen-bond donors (Lipinski definition) is 3. The average molecular weight is 1430 g/mol. The van der Waals surface area contributed by atoms with Gasteiger partial charge in [0, 0.05) is 25.7 Å². The fourth-order valence-corrected chi connectivity index (χ4v) is 13.3. The number of hydrogen-bond acceptors (Lipinski definition) is 15. The molecule has 0 saturated heterocycles. The standard InChI is InChI=1S/C79H150O17P2/c1-5-9-13-17-21-25-29-31-33-34-35-36-37-38-39-41-43-46-50-54-58-62-66-79(84)96-75(70-90-77(82)64-60-56-52-48-45-42-40-32-30-26-22-18-14-10-6-2)72-94-98(87,88)92-68-73(80)67-91-97(85,86)93-71-74(69-89-76(81)63-59-55-51-47-28-24-20-16-12-8-4)95-78(83)65-61-57-53-49-44-27-23-19-15-11-7-3/h26,30,32,40,73-75,80H,5-25,27-29,31,33-39,41-72H2,1-4H3,(H,85,86)(H,87,88)/b30-26-,40-32-/t73-,74+,75+/m0/s1. The van der Waals surface area contributed by atoms with Crippen LogP contribution < -0.4 is 0 Å². The minimum atomic E-state index is -4.97. The molecule has 0 aromatic rings. The van der Waals surface area contributed by atoms with Crippen LogP contribution in [0, 0.1) is 0 Å². The SMILES string of the molecule is CCCCCC/C=C\C=C/CCCCCCCC(=O)OC[C@H](COP(=O)(O)OC[C@@H](O)COP(=O)(O)OC[C@@H](COC(=O)CCCCCCCCCCCC)OC(=O)CCCCCCCCCCCCC)OC(=O)CCCCCCCCCCCCCCCCCCCCCCCC. The number of phosphoric acid groups is 2. The van der Waals surface area contributed by atoms with Gasteiger partial charge in [-0.1, -0.05) is 347 Å². The van der Waals surface area contributed by atoms with Crippen molar-refractivity contribution in [2.45, 2.75) is 418 Å². The number of esters is 4. The molecule has 0 aliphatic rings. The molecule has 0 spiro atoms. The van der Waals surface area contributed by atoms with E-state index >= 15 is 0 Å². The number of phosphoric ester groups is 2. The first-order chi connectivity index (χ1) is 47.7. The molecule has 17 nitrogen and oxygen atoms in total. The molecule has 0 rings (SSSR count). The molecule has 0 fully saturated rings. The van der Waals surface area contributed by atoms with E-state index in [1.807, 2.05) is 0 Å². The predicted molar refractivity (Wildman–Crippen MR) is 400 cm³/mol. The molecule has 0 aromatic carbocycles. The molecule has 0 bridgehead atoms. The third-order valence-electron chi connectivity index (χ3n) is 18.0. The lowest BCUT2D eigenvalue weighted by Gasteiger charge is -2.21. The van der Waals surface area contributed by atoms with Gasteiger partial charge < -0.3 is 33.8 Å². The highest BCUT2D eigenvalue weighted by molar-refractivity contribution is 7.47. The van der Waals surface area contributed by atoms with Crippen molar-refractivity contribution in [3.63, 3.8) is 0 Å². The zero-order valence-corrected chi connectivity index (χ0v) is 65.0. The number of rotatable bonds is 78. The van der Waals surface area contributed by atoms with Crippen molar-refractivity contribution in [1.82, 2.24) is 0 Å². The van der Waals surface area contributed by atoms with Crippen LogP contribution in [-0.2, 0) is 65.4 Å². The average Bonchev–Trinajstić information content (AvgIpc) is 1.26. The lowest BCUT2D eigenvalue weighted by atomic mass is 10.0. The van der Waals surface area contributed by atoms with Gasteiger partial charge in [0.25, 0.3) is 0 Å². The van der Waals surface area contributed by atoms with E-state index < -0.39 is 97.5 Å². The fraction of sp³-hybridized carbons (Fsp3) is 0.899. The summed E-state index contributed by atoms with van der Waals surface area (Å²) in [6, 6.07) is 0. The third kappa shape index (κ3) is 71.9. The highest BCUT2D eigenvalue weighted by Crippen LogP contribution is 2.45. The first kappa shape index (κ1) is 95.5. The van der Waals surface area contributed by atoms with E-state index in [0.717, 1.165) is 109 Å². The molecule has 19 heteroatoms. The first-order valence-corrected chi connectivity index (χ1v) is 43.6. The van der Waals surface area contributed by atoms with Crippen LogP contribution in [0.25, 0.3) is 0 Å². The molecule has 0 saturated carbocycles. The molecule has 0 aliphatic carbocycles. The third-order valence-corrected chi connectivity index (χ3v) is 19.9. The Morgan fingerprint density at radius 2 is 0.490 bits per heavy atom. The van der Waals surface area contributed by atoms with Crippen molar-refractivity contribution < 1.29 is 80.2 Å². The Balaban J connectivity index is 5.21. The molecule has 0 radical (unpaired) electrons. The molecule has 0 heterocycles. The van der Waals surface area contributed by atoms with Gasteiger partial charge in [0.15, 0.2) is 12.2 Å². The van der Waals surface area contributed by atoms with Gasteiger partial charge in [0.05, 0.1) is 26.4 Å². The largest absolute Gasteiger partial charge is 0.472 e. The Morgan fingerprint density at radius 3 is 0.745 bits per heavy atom. The summed E-state index contributed by atoms with van der Waals surface area (Å²) < 4.78 is 68.5. The van der Waals surface area contributed by atoms with Crippen molar-refractivity contribution >= 4 is 39.5 Å². The maximum Gasteiger partial charge on any atom is 0.472 e. The molecule has 0 aliphatic heterocycles. The number of ether oxygens (including phenoxy) is 4. The summed E-state index contributed by atoms with van der Waals surface area (Å²) in [5.41, 5.74) is 0. The number of unbranched alkanes of at least 4 members (excludes halogenated alkanes) is 49. The summed E-state index contributed by atoms with van der Waals surface area (Å²) in [4.78, 5) is 72.8. The Morgan fingerprint density at radius 1 is 0.286 bits per heavy atom. The van der Waals surface area contributed by atoms with Crippen molar-refractivity contribution in [1.29, 1.82) is 0 Å². The molecule has 578 valence electrons. The Labute approximate surface area is 599 Å². The van der Waals surface area contributed by atoms with Crippen LogP contribution in [0.15, 0.2) is 24.3 Å². The maximum absolute atomic E-state index is 13.1. The van der Waals surface area contributed by atoms with Gasteiger partial charge in [-0.05, 0) is 51.4 Å². The summed E-state index contributed by atoms with van der Waals surface area (Å²) in [6.07, 6.45) is 67.5. The number of aliphatic hydroxyl groups is 1. The van der Waals surface area contributed by atoms with E-state index in [9.17, 15) is 43.2 Å². The Kier molecular flexibility index (Phi) is 71.0. The van der Waals surface area contributed by atoms with E-state index in [1.54, 1.807) is 0 Å². The van der Waals surface area contributed by atoms with Crippen molar-refractivity contribution in [2.24, 2.45) is 0 Å². The minimum Gasteiger partial charge on any atom is -0.462 e. The van der Waals surface area contributed by atoms with E-state index in [2.05, 4.69) is 52.0 Å².